The zero-order chi connectivity index (χ0) is 35.7. The highest BCUT2D eigenvalue weighted by atomic mass is 16.3. The van der Waals surface area contributed by atoms with Crippen molar-refractivity contribution in [2.24, 2.45) is 0 Å². The summed E-state index contributed by atoms with van der Waals surface area (Å²) >= 11 is 0. The van der Waals surface area contributed by atoms with Gasteiger partial charge in [0.15, 0.2) is 0 Å². The van der Waals surface area contributed by atoms with E-state index in [2.05, 4.69) is 193 Å². The molecule has 8 aromatic carbocycles. The van der Waals surface area contributed by atoms with Crippen molar-refractivity contribution in [3.05, 3.63) is 181 Å². The van der Waals surface area contributed by atoms with Crippen molar-refractivity contribution < 1.29 is 4.42 Å². The number of fused-ring (bicyclic) bond motifs is 13. The van der Waals surface area contributed by atoms with E-state index < -0.39 is 0 Å². The summed E-state index contributed by atoms with van der Waals surface area (Å²) in [6.07, 6.45) is 0. The summed E-state index contributed by atoms with van der Waals surface area (Å²) in [5, 5.41) is 7.07. The lowest BCUT2D eigenvalue weighted by molar-refractivity contribution is 0.660. The summed E-state index contributed by atoms with van der Waals surface area (Å²) in [5.74, 6) is 0. The van der Waals surface area contributed by atoms with Crippen molar-refractivity contribution in [2.45, 2.75) is 19.3 Å². The van der Waals surface area contributed by atoms with Gasteiger partial charge in [0.05, 0.1) is 27.5 Å². The van der Waals surface area contributed by atoms with Gasteiger partial charge in [-0.3, -0.25) is 0 Å². The average molecular weight is 691 g/mol. The summed E-state index contributed by atoms with van der Waals surface area (Å²) < 4.78 is 11.7. The third-order valence-electron chi connectivity index (χ3n) is 12.1. The molecular weight excluding hydrogens is 657 g/mol. The molecule has 0 aliphatic heterocycles. The second-order valence-electron chi connectivity index (χ2n) is 15.3. The van der Waals surface area contributed by atoms with E-state index in [1.807, 2.05) is 0 Å². The summed E-state index contributed by atoms with van der Waals surface area (Å²) in [6, 6.07) is 62.1. The van der Waals surface area contributed by atoms with Crippen LogP contribution in [0, 0.1) is 0 Å². The number of rotatable bonds is 3. The van der Waals surface area contributed by atoms with Gasteiger partial charge in [0.25, 0.3) is 0 Å². The summed E-state index contributed by atoms with van der Waals surface area (Å²) in [4.78, 5) is 0. The normalized spacial score (nSPS) is 13.5. The quantitative estimate of drug-likeness (QED) is 0.181. The van der Waals surface area contributed by atoms with Gasteiger partial charge in [0.1, 0.15) is 11.2 Å². The van der Waals surface area contributed by atoms with Gasteiger partial charge in [-0.15, -0.1) is 0 Å². The average Bonchev–Trinajstić information content (AvgIpc) is 3.93. The Balaban J connectivity index is 1.23. The van der Waals surface area contributed by atoms with Crippen molar-refractivity contribution in [3.63, 3.8) is 0 Å². The van der Waals surface area contributed by atoms with E-state index in [0.717, 1.165) is 55.3 Å². The maximum atomic E-state index is 6.83. The van der Waals surface area contributed by atoms with Gasteiger partial charge < -0.3 is 13.6 Å². The molecule has 0 spiro atoms. The number of furan rings is 1. The van der Waals surface area contributed by atoms with Crippen LogP contribution in [-0.2, 0) is 5.41 Å². The molecule has 0 fully saturated rings. The summed E-state index contributed by atoms with van der Waals surface area (Å²) in [6.45, 7) is 4.72. The predicted molar refractivity (Wildman–Crippen MR) is 225 cm³/mol. The Labute approximate surface area is 311 Å². The molecule has 3 heterocycles. The molecule has 0 saturated carbocycles. The molecule has 1 aliphatic rings. The SMILES string of the molecule is CC1(C)c2ccccc2-c2ccc(-n3c4ccccc4c4c5oc6ccccc6c5cc(-c5ccc6c7ccccc7n(-c7ccccc7)c6c5)c43)cc21. The number of para-hydroxylation sites is 4. The Bertz CT molecular complexity index is 3350. The molecule has 3 heteroatoms. The molecule has 54 heavy (non-hydrogen) atoms. The first-order valence-corrected chi connectivity index (χ1v) is 18.8. The minimum Gasteiger partial charge on any atom is -0.455 e. The Morgan fingerprint density at radius 2 is 1.09 bits per heavy atom. The first kappa shape index (κ1) is 29.7. The number of nitrogens with zero attached hydrogens (tertiary/aromatic N) is 2. The van der Waals surface area contributed by atoms with Crippen LogP contribution >= 0.6 is 0 Å². The number of aromatic nitrogens is 2. The zero-order valence-corrected chi connectivity index (χ0v) is 30.0. The zero-order valence-electron chi connectivity index (χ0n) is 30.0. The number of hydrogen-bond donors (Lipinski definition) is 0. The lowest BCUT2D eigenvalue weighted by Crippen LogP contribution is -2.15. The van der Waals surface area contributed by atoms with Gasteiger partial charge in [-0.2, -0.15) is 0 Å². The molecule has 0 amide bonds. The predicted octanol–water partition coefficient (Wildman–Crippen LogP) is 13.8. The number of benzene rings is 8. The molecule has 11 aromatic rings. The fourth-order valence-corrected chi connectivity index (χ4v) is 9.64. The van der Waals surface area contributed by atoms with Crippen LogP contribution in [0.1, 0.15) is 25.0 Å². The van der Waals surface area contributed by atoms with E-state index in [0.29, 0.717) is 0 Å². The molecule has 0 saturated heterocycles. The van der Waals surface area contributed by atoms with Crippen molar-refractivity contribution in [1.82, 2.24) is 9.13 Å². The first-order chi connectivity index (χ1) is 26.6. The van der Waals surface area contributed by atoms with Crippen LogP contribution in [0.2, 0.25) is 0 Å². The lowest BCUT2D eigenvalue weighted by Gasteiger charge is -2.22. The van der Waals surface area contributed by atoms with Crippen LogP contribution < -0.4 is 0 Å². The van der Waals surface area contributed by atoms with Crippen LogP contribution in [0.3, 0.4) is 0 Å². The largest absolute Gasteiger partial charge is 0.455 e. The molecule has 0 unspecified atom stereocenters. The molecule has 3 aromatic heterocycles. The standard InChI is InChI=1S/C51H34N2O/c1-51(2)42-20-10-6-16-34(42)35-27-25-33(29-43(35)51)53-45-22-12-8-19-39(45)48-49(53)40(30-41-38-18-9-13-23-47(38)54-50(41)48)31-24-26-37-36-17-7-11-21-44(36)52(46(37)28-31)32-14-4-3-5-15-32/h3-30H,1-2H3. The second-order valence-corrected chi connectivity index (χ2v) is 15.3. The minimum absolute atomic E-state index is 0.120. The molecule has 3 nitrogen and oxygen atoms in total. The summed E-state index contributed by atoms with van der Waals surface area (Å²) in [7, 11) is 0. The smallest absolute Gasteiger partial charge is 0.145 e. The van der Waals surface area contributed by atoms with E-state index in [1.54, 1.807) is 0 Å². The van der Waals surface area contributed by atoms with E-state index in [9.17, 15) is 0 Å². The highest BCUT2D eigenvalue weighted by Crippen LogP contribution is 2.51. The van der Waals surface area contributed by atoms with Crippen molar-refractivity contribution in [3.8, 4) is 33.6 Å². The van der Waals surface area contributed by atoms with Crippen LogP contribution in [-0.4, -0.2) is 9.13 Å². The fourth-order valence-electron chi connectivity index (χ4n) is 9.64. The second kappa shape index (κ2) is 10.6. The van der Waals surface area contributed by atoms with Gasteiger partial charge in [-0.1, -0.05) is 129 Å². The van der Waals surface area contributed by atoms with Gasteiger partial charge >= 0.3 is 0 Å². The minimum atomic E-state index is -0.120. The Kier molecular flexibility index (Phi) is 5.84. The molecule has 12 rings (SSSR count). The van der Waals surface area contributed by atoms with E-state index in [1.165, 1.54) is 55.0 Å². The van der Waals surface area contributed by atoms with E-state index in [4.69, 9.17) is 4.42 Å². The van der Waals surface area contributed by atoms with Crippen LogP contribution in [0.4, 0.5) is 0 Å². The molecule has 254 valence electrons. The highest BCUT2D eigenvalue weighted by molar-refractivity contribution is 6.27. The van der Waals surface area contributed by atoms with Crippen LogP contribution in [0.25, 0.3) is 99.2 Å². The van der Waals surface area contributed by atoms with Crippen molar-refractivity contribution in [1.29, 1.82) is 0 Å². The lowest BCUT2D eigenvalue weighted by atomic mass is 9.82. The Morgan fingerprint density at radius 3 is 1.94 bits per heavy atom. The van der Waals surface area contributed by atoms with Crippen LogP contribution in [0.15, 0.2) is 174 Å². The Hall–Kier alpha value is -6.84. The molecule has 0 atom stereocenters. The number of hydrogen-bond acceptors (Lipinski definition) is 1. The molecular formula is C51H34N2O. The van der Waals surface area contributed by atoms with Crippen LogP contribution in [0.5, 0.6) is 0 Å². The molecule has 1 aliphatic carbocycles. The van der Waals surface area contributed by atoms with Gasteiger partial charge in [-0.25, -0.2) is 0 Å². The maximum absolute atomic E-state index is 6.83. The van der Waals surface area contributed by atoms with Gasteiger partial charge in [0.2, 0.25) is 0 Å². The van der Waals surface area contributed by atoms with Gasteiger partial charge in [0, 0.05) is 49.3 Å². The first-order valence-electron chi connectivity index (χ1n) is 18.8. The Morgan fingerprint density at radius 1 is 0.426 bits per heavy atom. The topological polar surface area (TPSA) is 23.0 Å². The summed E-state index contributed by atoms with van der Waals surface area (Å²) in [5.41, 5.74) is 16.4. The third kappa shape index (κ3) is 3.85. The highest BCUT2D eigenvalue weighted by Gasteiger charge is 2.35. The van der Waals surface area contributed by atoms with E-state index in [-0.39, 0.29) is 5.41 Å². The third-order valence-corrected chi connectivity index (χ3v) is 12.1. The molecule has 0 bridgehead atoms. The van der Waals surface area contributed by atoms with Crippen molar-refractivity contribution >= 4 is 65.6 Å². The van der Waals surface area contributed by atoms with Gasteiger partial charge in [-0.05, 0) is 82.4 Å². The van der Waals surface area contributed by atoms with Crippen molar-refractivity contribution in [2.75, 3.05) is 0 Å². The molecule has 0 N–H and O–H groups in total. The maximum Gasteiger partial charge on any atom is 0.145 e. The van der Waals surface area contributed by atoms with E-state index >= 15 is 0 Å². The monoisotopic (exact) mass is 690 g/mol. The fraction of sp³-hybridized carbons (Fsp3) is 0.0588. The molecule has 0 radical (unpaired) electrons.